The first-order valence-electron chi connectivity index (χ1n) is 0.333. The van der Waals surface area contributed by atoms with Crippen LogP contribution in [0.3, 0.4) is 0 Å². The summed E-state index contributed by atoms with van der Waals surface area (Å²) < 4.78 is 8.88. The van der Waals surface area contributed by atoms with Crippen LogP contribution < -0.4 is 0 Å². The Hall–Kier alpha value is 1.24. The van der Waals surface area contributed by atoms with Gasteiger partial charge in [0.05, 0.1) is 0 Å². The van der Waals surface area contributed by atoms with Gasteiger partial charge in [-0.25, -0.2) is 0 Å². The van der Waals surface area contributed by atoms with Gasteiger partial charge in [0.2, 0.25) is 0 Å². The maximum atomic E-state index is 8.88. The predicted octanol–water partition coefficient (Wildman–Crippen LogP) is 0.524. The van der Waals surface area contributed by atoms with Crippen molar-refractivity contribution in [3.63, 3.8) is 0 Å². The van der Waals surface area contributed by atoms with Crippen LogP contribution in [0.15, 0.2) is 0 Å². The van der Waals surface area contributed by atoms with Crippen LogP contribution in [0.5, 0.6) is 0 Å². The minimum absolute atomic E-state index is 0. The summed E-state index contributed by atoms with van der Waals surface area (Å²) in [6.07, 6.45) is 0. The molecule has 0 aliphatic carbocycles. The molecule has 24 valence electrons. The Morgan fingerprint density at radius 1 is 1.75 bits per heavy atom. The molecular formula is CrMoOS. The second kappa shape index (κ2) is 8.87. The average molecular weight is 196 g/mol. The van der Waals surface area contributed by atoms with Crippen LogP contribution in [-0.4, -0.2) is 0 Å². The molecule has 0 spiro atoms. The van der Waals surface area contributed by atoms with Gasteiger partial charge in [-0.3, -0.25) is 0 Å². The van der Waals surface area contributed by atoms with Crippen molar-refractivity contribution in [1.82, 2.24) is 0 Å². The van der Waals surface area contributed by atoms with Gasteiger partial charge < -0.3 is 0 Å². The van der Waals surface area contributed by atoms with Gasteiger partial charge in [-0.2, -0.15) is 0 Å². The van der Waals surface area contributed by atoms with Crippen LogP contribution in [0.25, 0.3) is 0 Å². The van der Waals surface area contributed by atoms with E-state index in [1.165, 1.54) is 0 Å². The van der Waals surface area contributed by atoms with Crippen LogP contribution in [0.1, 0.15) is 0 Å². The molecule has 0 aliphatic heterocycles. The summed E-state index contributed by atoms with van der Waals surface area (Å²) in [5.41, 5.74) is 0. The Morgan fingerprint density at radius 2 is 1.75 bits per heavy atom. The molecule has 0 rings (SSSR count). The normalized spacial score (nSPS) is 3.00. The second-order valence-electron chi connectivity index (χ2n) is 0.0680. The summed E-state index contributed by atoms with van der Waals surface area (Å²) in [7, 11) is 3.97. The van der Waals surface area contributed by atoms with Gasteiger partial charge in [0.25, 0.3) is 0 Å². The fraction of sp³-hybridized carbons (Fsp3) is 0. The molecule has 0 atom stereocenters. The monoisotopic (exact) mass is 198 g/mol. The molecule has 0 radical (unpaired) electrons. The molecule has 4 heavy (non-hydrogen) atoms. The first kappa shape index (κ1) is 8.97. The van der Waals surface area contributed by atoms with Crippen LogP contribution in [0.2, 0.25) is 0 Å². The van der Waals surface area contributed by atoms with Crippen molar-refractivity contribution in [3.05, 3.63) is 0 Å². The molecule has 0 heterocycles. The Balaban J connectivity index is 0. The third-order valence-corrected chi connectivity index (χ3v) is 0. The van der Waals surface area contributed by atoms with Crippen LogP contribution >= 0.6 is 9.82 Å². The maximum absolute atomic E-state index is 8.88. The zero-order chi connectivity index (χ0) is 2.71. The fourth-order valence-electron chi connectivity index (χ4n) is 0. The zero-order valence-corrected chi connectivity index (χ0v) is 5.73. The van der Waals surface area contributed by atoms with E-state index in [4.69, 9.17) is 3.40 Å². The molecule has 0 saturated carbocycles. The summed E-state index contributed by atoms with van der Waals surface area (Å²) in [5.74, 6) is 0. The molecule has 1 nitrogen and oxygen atoms in total. The van der Waals surface area contributed by atoms with E-state index < -0.39 is 16.7 Å². The summed E-state index contributed by atoms with van der Waals surface area (Å²) in [5, 5.41) is 0. The van der Waals surface area contributed by atoms with Gasteiger partial charge in [0.15, 0.2) is 0 Å². The van der Waals surface area contributed by atoms with Gasteiger partial charge in [-0.15, -0.1) is 0 Å². The first-order valence-corrected chi connectivity index (χ1v) is 3.94. The second-order valence-corrected chi connectivity index (χ2v) is 1.21. The van der Waals surface area contributed by atoms with E-state index in [2.05, 4.69) is 9.82 Å². The molecular weight excluding hydrogens is 196 g/mol. The van der Waals surface area contributed by atoms with E-state index in [0.717, 1.165) is 0 Å². The average Bonchev–Trinajstić information content (AvgIpc) is 0.918. The summed E-state index contributed by atoms with van der Waals surface area (Å²) in [4.78, 5) is 0. The van der Waals surface area contributed by atoms with Gasteiger partial charge >= 0.3 is 29.9 Å². The molecule has 0 fully saturated rings. The number of rotatable bonds is 0. The van der Waals surface area contributed by atoms with Gasteiger partial charge in [0, 0.05) is 17.4 Å². The molecule has 0 unspecified atom stereocenters. The van der Waals surface area contributed by atoms with Gasteiger partial charge in [0.1, 0.15) is 0 Å². The fourth-order valence-corrected chi connectivity index (χ4v) is 0. The zero-order valence-electron chi connectivity index (χ0n) is 1.63. The van der Waals surface area contributed by atoms with Crippen molar-refractivity contribution in [2.75, 3.05) is 0 Å². The van der Waals surface area contributed by atoms with Gasteiger partial charge in [-0.1, -0.05) is 0 Å². The summed E-state index contributed by atoms with van der Waals surface area (Å²) in [6.45, 7) is 0. The van der Waals surface area contributed by atoms with E-state index in [1.807, 2.05) is 0 Å². The Bertz CT molecular complexity index is 29.0. The molecule has 0 bridgehead atoms. The Kier molecular flexibility index (Phi) is 19.9. The topological polar surface area (TPSA) is 17.1 Å². The van der Waals surface area contributed by atoms with Crippen LogP contribution in [-0.2, 0) is 37.5 Å². The molecule has 0 aromatic heterocycles. The van der Waals surface area contributed by atoms with E-state index in [9.17, 15) is 0 Å². The van der Waals surface area contributed by atoms with E-state index in [1.54, 1.807) is 0 Å². The van der Waals surface area contributed by atoms with Crippen molar-refractivity contribution in [2.45, 2.75) is 0 Å². The third-order valence-electron chi connectivity index (χ3n) is 0. The van der Waals surface area contributed by atoms with E-state index in [-0.39, 0.29) is 17.4 Å². The molecule has 4 heteroatoms. The minimum atomic E-state index is -1.20. The first-order chi connectivity index (χ1) is 1.41. The predicted molar refractivity (Wildman–Crippen MR) is 8.28 cm³/mol. The molecule has 0 aromatic carbocycles. The van der Waals surface area contributed by atoms with Crippen molar-refractivity contribution >= 4 is 9.82 Å². The molecule has 0 amide bonds. The standard InChI is InChI=1S/Cr.Mo.O.S. The summed E-state index contributed by atoms with van der Waals surface area (Å²) in [6, 6.07) is 0. The van der Waals surface area contributed by atoms with Crippen molar-refractivity contribution in [1.29, 1.82) is 0 Å². The summed E-state index contributed by atoms with van der Waals surface area (Å²) >= 11 is -1.20. The van der Waals surface area contributed by atoms with E-state index >= 15 is 0 Å². The van der Waals surface area contributed by atoms with Crippen LogP contribution in [0.4, 0.5) is 0 Å². The molecule has 0 aliphatic rings. The van der Waals surface area contributed by atoms with Crippen molar-refractivity contribution in [3.8, 4) is 0 Å². The Morgan fingerprint density at radius 3 is 1.75 bits per heavy atom. The van der Waals surface area contributed by atoms with Crippen molar-refractivity contribution in [2.24, 2.45) is 0 Å². The molecule has 0 aromatic rings. The molecule has 0 saturated heterocycles. The van der Waals surface area contributed by atoms with Gasteiger partial charge in [-0.05, 0) is 0 Å². The van der Waals surface area contributed by atoms with Crippen molar-refractivity contribution < 1.29 is 37.5 Å². The molecule has 0 N–H and O–H groups in total. The Labute approximate surface area is 47.2 Å². The van der Waals surface area contributed by atoms with E-state index in [0.29, 0.717) is 0 Å². The SMILES string of the molecule is [Cr].[O]=[Mo]=[S]. The third kappa shape index (κ3) is 10.6. The quantitative estimate of drug-likeness (QED) is 0.525. The number of hydrogen-bond acceptors (Lipinski definition) is 2. The van der Waals surface area contributed by atoms with Crippen LogP contribution in [0, 0.1) is 0 Å². The number of hydrogen-bond donors (Lipinski definition) is 0.